The molecule has 0 aliphatic heterocycles. The number of carbonyl (C=O) groups is 2. The molecule has 0 spiro atoms. The molecular weight excluding hydrogens is 184 g/mol. The molecule has 82 valence electrons. The minimum Gasteiger partial charge on any atom is -0.481 e. The Hall–Kier alpha value is -1.06. The first-order chi connectivity index (χ1) is 6.31. The Morgan fingerprint density at radius 3 is 2.07 bits per heavy atom. The Labute approximate surface area is 83.9 Å². The van der Waals surface area contributed by atoms with E-state index in [0.29, 0.717) is 0 Å². The largest absolute Gasteiger partial charge is 0.481 e. The molecule has 0 aliphatic rings. The third kappa shape index (κ3) is 3.77. The standard InChI is InChI=1S/C10H18O4/c1-4-5-10(2,3)7(9(13)14)6-8(11)12/h7H,4-6H2,1-3H3,(H,11,12)(H,13,14). The lowest BCUT2D eigenvalue weighted by Gasteiger charge is -2.30. The van der Waals surface area contributed by atoms with Gasteiger partial charge >= 0.3 is 11.9 Å². The van der Waals surface area contributed by atoms with E-state index >= 15 is 0 Å². The molecule has 1 atom stereocenters. The van der Waals surface area contributed by atoms with Crippen LogP contribution < -0.4 is 0 Å². The fourth-order valence-corrected chi connectivity index (χ4v) is 1.69. The smallest absolute Gasteiger partial charge is 0.307 e. The number of rotatable bonds is 6. The van der Waals surface area contributed by atoms with Crippen molar-refractivity contribution in [2.45, 2.75) is 40.0 Å². The molecule has 14 heavy (non-hydrogen) atoms. The van der Waals surface area contributed by atoms with E-state index in [1.165, 1.54) is 0 Å². The zero-order valence-corrected chi connectivity index (χ0v) is 8.91. The number of hydrogen-bond acceptors (Lipinski definition) is 2. The van der Waals surface area contributed by atoms with E-state index in [-0.39, 0.29) is 6.42 Å². The van der Waals surface area contributed by atoms with Crippen LogP contribution in [0, 0.1) is 11.3 Å². The van der Waals surface area contributed by atoms with Gasteiger partial charge in [0.1, 0.15) is 0 Å². The molecule has 0 aromatic carbocycles. The Bertz CT molecular complexity index is 220. The topological polar surface area (TPSA) is 74.6 Å². The molecule has 0 fully saturated rings. The fourth-order valence-electron chi connectivity index (χ4n) is 1.69. The highest BCUT2D eigenvalue weighted by molar-refractivity contribution is 5.78. The SMILES string of the molecule is CCCC(C)(C)C(CC(=O)O)C(=O)O. The zero-order valence-electron chi connectivity index (χ0n) is 8.91. The van der Waals surface area contributed by atoms with Crippen molar-refractivity contribution >= 4 is 11.9 Å². The zero-order chi connectivity index (χ0) is 11.4. The van der Waals surface area contributed by atoms with Gasteiger partial charge in [-0.05, 0) is 11.8 Å². The summed E-state index contributed by atoms with van der Waals surface area (Å²) >= 11 is 0. The lowest BCUT2D eigenvalue weighted by atomic mass is 9.74. The van der Waals surface area contributed by atoms with Crippen molar-refractivity contribution in [3.63, 3.8) is 0 Å². The summed E-state index contributed by atoms with van der Waals surface area (Å²) in [5.41, 5.74) is -0.459. The number of hydrogen-bond donors (Lipinski definition) is 2. The van der Waals surface area contributed by atoms with Crippen molar-refractivity contribution in [1.29, 1.82) is 0 Å². The van der Waals surface area contributed by atoms with Gasteiger partial charge in [-0.2, -0.15) is 0 Å². The summed E-state index contributed by atoms with van der Waals surface area (Å²) in [6.07, 6.45) is 1.27. The molecule has 1 unspecified atom stereocenters. The Balaban J connectivity index is 4.62. The van der Waals surface area contributed by atoms with E-state index in [2.05, 4.69) is 0 Å². The quantitative estimate of drug-likeness (QED) is 0.690. The first-order valence-corrected chi connectivity index (χ1v) is 4.76. The van der Waals surface area contributed by atoms with E-state index in [1.54, 1.807) is 13.8 Å². The van der Waals surface area contributed by atoms with Crippen LogP contribution in [0.4, 0.5) is 0 Å². The molecule has 0 amide bonds. The first-order valence-electron chi connectivity index (χ1n) is 4.76. The minimum absolute atomic E-state index is 0.303. The van der Waals surface area contributed by atoms with Gasteiger partial charge in [0.15, 0.2) is 0 Å². The molecule has 0 saturated heterocycles. The Kier molecular flexibility index (Phi) is 4.60. The highest BCUT2D eigenvalue weighted by Crippen LogP contribution is 2.34. The summed E-state index contributed by atoms with van der Waals surface area (Å²) in [6.45, 7) is 5.57. The lowest BCUT2D eigenvalue weighted by Crippen LogP contribution is -2.32. The second-order valence-electron chi connectivity index (χ2n) is 4.23. The molecule has 0 rings (SSSR count). The van der Waals surface area contributed by atoms with Crippen molar-refractivity contribution in [3.05, 3.63) is 0 Å². The molecular formula is C10H18O4. The summed E-state index contributed by atoms with van der Waals surface area (Å²) in [5, 5.41) is 17.5. The average Bonchev–Trinajstić information content (AvgIpc) is 1.99. The monoisotopic (exact) mass is 202 g/mol. The van der Waals surface area contributed by atoms with Crippen LogP contribution in [0.1, 0.15) is 40.0 Å². The normalized spacial score (nSPS) is 13.6. The first kappa shape index (κ1) is 12.9. The van der Waals surface area contributed by atoms with Crippen LogP contribution >= 0.6 is 0 Å². The van der Waals surface area contributed by atoms with Gasteiger partial charge in [-0.25, -0.2) is 0 Å². The molecule has 0 saturated carbocycles. The second-order valence-corrected chi connectivity index (χ2v) is 4.23. The Morgan fingerprint density at radius 1 is 1.29 bits per heavy atom. The van der Waals surface area contributed by atoms with Crippen LogP contribution in [0.15, 0.2) is 0 Å². The van der Waals surface area contributed by atoms with E-state index in [1.807, 2.05) is 6.92 Å². The van der Waals surface area contributed by atoms with Gasteiger partial charge in [0, 0.05) is 0 Å². The predicted octanol–water partition coefficient (Wildman–Crippen LogP) is 1.99. The number of carboxylic acid groups (broad SMARTS) is 2. The molecule has 0 aromatic heterocycles. The second kappa shape index (κ2) is 4.98. The average molecular weight is 202 g/mol. The summed E-state index contributed by atoms with van der Waals surface area (Å²) < 4.78 is 0. The predicted molar refractivity (Wildman–Crippen MR) is 52.1 cm³/mol. The van der Waals surface area contributed by atoms with Gasteiger partial charge in [-0.3, -0.25) is 9.59 Å². The molecule has 0 radical (unpaired) electrons. The fraction of sp³-hybridized carbons (Fsp3) is 0.800. The van der Waals surface area contributed by atoms with Crippen LogP contribution in [-0.2, 0) is 9.59 Å². The summed E-state index contributed by atoms with van der Waals surface area (Å²) in [6, 6.07) is 0. The number of carboxylic acids is 2. The van der Waals surface area contributed by atoms with Gasteiger partial charge in [-0.15, -0.1) is 0 Å². The van der Waals surface area contributed by atoms with Gasteiger partial charge in [0.25, 0.3) is 0 Å². The van der Waals surface area contributed by atoms with E-state index in [4.69, 9.17) is 10.2 Å². The van der Waals surface area contributed by atoms with Gasteiger partial charge in [-0.1, -0.05) is 27.2 Å². The molecule has 0 aromatic rings. The summed E-state index contributed by atoms with van der Waals surface area (Å²) in [7, 11) is 0. The molecule has 4 heteroatoms. The third-order valence-corrected chi connectivity index (χ3v) is 2.51. The molecule has 0 heterocycles. The molecule has 4 nitrogen and oxygen atoms in total. The highest BCUT2D eigenvalue weighted by atomic mass is 16.4. The minimum atomic E-state index is -1.05. The van der Waals surface area contributed by atoms with Crippen molar-refractivity contribution in [2.75, 3.05) is 0 Å². The molecule has 0 aliphatic carbocycles. The molecule has 2 N–H and O–H groups in total. The highest BCUT2D eigenvalue weighted by Gasteiger charge is 2.35. The van der Waals surface area contributed by atoms with Gasteiger partial charge < -0.3 is 10.2 Å². The van der Waals surface area contributed by atoms with Crippen molar-refractivity contribution in [1.82, 2.24) is 0 Å². The maximum absolute atomic E-state index is 10.9. The van der Waals surface area contributed by atoms with Crippen LogP contribution in [0.25, 0.3) is 0 Å². The van der Waals surface area contributed by atoms with Crippen molar-refractivity contribution < 1.29 is 19.8 Å². The van der Waals surface area contributed by atoms with Crippen LogP contribution in [-0.4, -0.2) is 22.2 Å². The van der Waals surface area contributed by atoms with Crippen LogP contribution in [0.5, 0.6) is 0 Å². The third-order valence-electron chi connectivity index (χ3n) is 2.51. The summed E-state index contributed by atoms with van der Waals surface area (Å²) in [5.74, 6) is -2.88. The summed E-state index contributed by atoms with van der Waals surface area (Å²) in [4.78, 5) is 21.4. The van der Waals surface area contributed by atoms with Crippen molar-refractivity contribution in [2.24, 2.45) is 11.3 Å². The lowest BCUT2D eigenvalue weighted by molar-refractivity contribution is -0.152. The van der Waals surface area contributed by atoms with E-state index < -0.39 is 23.3 Å². The van der Waals surface area contributed by atoms with E-state index in [9.17, 15) is 9.59 Å². The number of aliphatic carboxylic acids is 2. The van der Waals surface area contributed by atoms with Gasteiger partial charge in [0.2, 0.25) is 0 Å². The van der Waals surface area contributed by atoms with Gasteiger partial charge in [0.05, 0.1) is 12.3 Å². The maximum atomic E-state index is 10.9. The molecule has 0 bridgehead atoms. The van der Waals surface area contributed by atoms with Crippen LogP contribution in [0.2, 0.25) is 0 Å². The Morgan fingerprint density at radius 2 is 1.79 bits per heavy atom. The maximum Gasteiger partial charge on any atom is 0.307 e. The van der Waals surface area contributed by atoms with Crippen LogP contribution in [0.3, 0.4) is 0 Å². The van der Waals surface area contributed by atoms with E-state index in [0.717, 1.165) is 12.8 Å². The van der Waals surface area contributed by atoms with Crippen molar-refractivity contribution in [3.8, 4) is 0 Å².